The van der Waals surface area contributed by atoms with Crippen molar-refractivity contribution >= 4 is 40.0 Å². The zero-order valence-electron chi connectivity index (χ0n) is 18.5. The van der Waals surface area contributed by atoms with Crippen LogP contribution in [0.5, 0.6) is 5.75 Å². The van der Waals surface area contributed by atoms with Crippen molar-refractivity contribution in [3.63, 3.8) is 0 Å². The Bertz CT molecular complexity index is 1050. The van der Waals surface area contributed by atoms with E-state index >= 15 is 0 Å². The number of nitrogens with zero attached hydrogens (tertiary/aromatic N) is 2. The van der Waals surface area contributed by atoms with Gasteiger partial charge in [-0.1, -0.05) is 24.3 Å². The molecule has 0 aromatic heterocycles. The number of Topliss-reactive ketones (excluding diaryl/α,β-unsaturated/α-hetero) is 1. The smallest absolute Gasteiger partial charge is 0.295 e. The van der Waals surface area contributed by atoms with Crippen LogP contribution in [0.1, 0.15) is 23.6 Å². The van der Waals surface area contributed by atoms with Crippen LogP contribution >= 0.6 is 22.6 Å². The van der Waals surface area contributed by atoms with E-state index < -0.39 is 17.7 Å². The highest BCUT2D eigenvalue weighted by molar-refractivity contribution is 14.1. The number of hydrogen-bond acceptors (Lipinski definition) is 6. The highest BCUT2D eigenvalue weighted by Crippen LogP contribution is 2.40. The summed E-state index contributed by atoms with van der Waals surface area (Å²) in [5.41, 5.74) is 1.35. The van der Waals surface area contributed by atoms with Gasteiger partial charge in [-0.3, -0.25) is 14.5 Å². The van der Waals surface area contributed by atoms with Crippen LogP contribution in [0.15, 0.2) is 54.1 Å². The van der Waals surface area contributed by atoms with Gasteiger partial charge in [-0.25, -0.2) is 0 Å². The molecule has 8 heteroatoms. The third kappa shape index (κ3) is 5.23. The van der Waals surface area contributed by atoms with Crippen LogP contribution < -0.4 is 4.74 Å². The summed E-state index contributed by atoms with van der Waals surface area (Å²) in [7, 11) is 1.54. The maximum atomic E-state index is 13.1. The summed E-state index contributed by atoms with van der Waals surface area (Å²) >= 11 is 2.22. The molecule has 0 radical (unpaired) electrons. The number of amides is 1. The number of benzene rings is 2. The summed E-state index contributed by atoms with van der Waals surface area (Å²) in [6.07, 6.45) is 0.729. The molecule has 0 spiro atoms. The van der Waals surface area contributed by atoms with Gasteiger partial charge in [0.25, 0.3) is 11.7 Å². The molecular weight excluding hydrogens is 535 g/mol. The van der Waals surface area contributed by atoms with Gasteiger partial charge in [0.2, 0.25) is 0 Å². The van der Waals surface area contributed by atoms with E-state index in [9.17, 15) is 14.7 Å². The number of morpholine rings is 1. The summed E-state index contributed by atoms with van der Waals surface area (Å²) in [5.74, 6) is -0.869. The Morgan fingerprint density at radius 2 is 1.85 bits per heavy atom. The second-order valence-electron chi connectivity index (χ2n) is 8.08. The molecule has 2 heterocycles. The first-order chi connectivity index (χ1) is 16.0. The average Bonchev–Trinajstić information content (AvgIpc) is 3.10. The Hall–Kier alpha value is -2.43. The molecular formula is C25H27IN2O5. The number of ether oxygens (including phenoxy) is 2. The van der Waals surface area contributed by atoms with Gasteiger partial charge in [0.15, 0.2) is 0 Å². The van der Waals surface area contributed by atoms with Gasteiger partial charge >= 0.3 is 0 Å². The third-order valence-electron chi connectivity index (χ3n) is 6.05. The fourth-order valence-electron chi connectivity index (χ4n) is 4.32. The third-order valence-corrected chi connectivity index (χ3v) is 6.77. The molecule has 1 N–H and O–H groups in total. The maximum absolute atomic E-state index is 13.1. The van der Waals surface area contributed by atoms with Gasteiger partial charge < -0.3 is 19.5 Å². The summed E-state index contributed by atoms with van der Waals surface area (Å²) in [6, 6.07) is 13.9. The van der Waals surface area contributed by atoms with Crippen molar-refractivity contribution < 1.29 is 24.2 Å². The molecule has 174 valence electrons. The minimum Gasteiger partial charge on any atom is -0.507 e. The average molecular weight is 562 g/mol. The number of aliphatic hydroxyl groups excluding tert-OH is 1. The Labute approximate surface area is 207 Å². The number of halogens is 1. The lowest BCUT2D eigenvalue weighted by atomic mass is 9.95. The topological polar surface area (TPSA) is 79.3 Å². The highest BCUT2D eigenvalue weighted by Gasteiger charge is 2.45. The molecule has 1 amide bonds. The lowest BCUT2D eigenvalue weighted by Crippen LogP contribution is -2.38. The monoisotopic (exact) mass is 562 g/mol. The van der Waals surface area contributed by atoms with Crippen molar-refractivity contribution in [2.24, 2.45) is 0 Å². The fraction of sp³-hybridized carbons (Fsp3) is 0.360. The van der Waals surface area contributed by atoms with Crippen molar-refractivity contribution in [1.29, 1.82) is 0 Å². The second kappa shape index (κ2) is 10.7. The zero-order chi connectivity index (χ0) is 23.4. The number of carbonyl (C=O) groups excluding carboxylic acids is 2. The molecule has 0 aliphatic carbocycles. The first-order valence-corrected chi connectivity index (χ1v) is 12.1. The second-order valence-corrected chi connectivity index (χ2v) is 9.33. The molecule has 2 fully saturated rings. The van der Waals surface area contributed by atoms with Gasteiger partial charge in [0.1, 0.15) is 11.5 Å². The number of carbonyl (C=O) groups is 2. The van der Waals surface area contributed by atoms with E-state index in [0.29, 0.717) is 31.1 Å². The molecule has 33 heavy (non-hydrogen) atoms. The summed E-state index contributed by atoms with van der Waals surface area (Å²) in [5, 5.41) is 11.2. The fourth-order valence-corrected chi connectivity index (χ4v) is 4.68. The molecule has 0 bridgehead atoms. The normalized spacial score (nSPS) is 20.9. The quantitative estimate of drug-likeness (QED) is 0.241. The summed E-state index contributed by atoms with van der Waals surface area (Å²) in [4.78, 5) is 30.1. The predicted octanol–water partition coefficient (Wildman–Crippen LogP) is 3.44. The molecule has 2 aromatic rings. The van der Waals surface area contributed by atoms with Crippen LogP contribution in [-0.4, -0.2) is 73.1 Å². The van der Waals surface area contributed by atoms with Crippen LogP contribution in [-0.2, 0) is 14.3 Å². The van der Waals surface area contributed by atoms with Crippen molar-refractivity contribution in [2.45, 2.75) is 12.5 Å². The number of likely N-dealkylation sites (tertiary alicyclic amines) is 1. The molecule has 2 aliphatic heterocycles. The van der Waals surface area contributed by atoms with Gasteiger partial charge in [0, 0.05) is 35.3 Å². The molecule has 1 unspecified atom stereocenters. The van der Waals surface area contributed by atoms with Gasteiger partial charge in [-0.15, -0.1) is 0 Å². The minimum atomic E-state index is -0.662. The van der Waals surface area contributed by atoms with E-state index in [1.54, 1.807) is 29.2 Å². The van der Waals surface area contributed by atoms with Crippen molar-refractivity contribution in [1.82, 2.24) is 9.80 Å². The minimum absolute atomic E-state index is 0.112. The van der Waals surface area contributed by atoms with Crippen LogP contribution in [0.3, 0.4) is 0 Å². The number of aliphatic hydroxyl groups is 1. The Morgan fingerprint density at radius 1 is 1.12 bits per heavy atom. The predicted molar refractivity (Wildman–Crippen MR) is 133 cm³/mol. The Morgan fingerprint density at radius 3 is 2.55 bits per heavy atom. The SMILES string of the molecule is COc1cccc(C(O)=C2C(=O)C(=O)N(CCCN3CCOCC3)C2c2ccc(I)cc2)c1. The number of rotatable bonds is 7. The molecule has 7 nitrogen and oxygen atoms in total. The van der Waals surface area contributed by atoms with Crippen LogP contribution in [0, 0.1) is 3.57 Å². The molecule has 1 atom stereocenters. The highest BCUT2D eigenvalue weighted by atomic mass is 127. The zero-order valence-corrected chi connectivity index (χ0v) is 20.7. The van der Waals surface area contributed by atoms with E-state index in [1.807, 2.05) is 24.3 Å². The Balaban J connectivity index is 1.67. The summed E-state index contributed by atoms with van der Waals surface area (Å²) in [6.45, 7) is 4.42. The maximum Gasteiger partial charge on any atom is 0.295 e. The number of methoxy groups -OCH3 is 1. The number of ketones is 1. The first-order valence-electron chi connectivity index (χ1n) is 11.0. The molecule has 2 saturated heterocycles. The summed E-state index contributed by atoms with van der Waals surface area (Å²) < 4.78 is 11.7. The van der Waals surface area contributed by atoms with E-state index in [2.05, 4.69) is 27.5 Å². The van der Waals surface area contributed by atoms with E-state index in [4.69, 9.17) is 9.47 Å². The van der Waals surface area contributed by atoms with Crippen LogP contribution in [0.25, 0.3) is 5.76 Å². The van der Waals surface area contributed by atoms with Crippen molar-refractivity contribution in [3.05, 3.63) is 68.8 Å². The van der Waals surface area contributed by atoms with Crippen molar-refractivity contribution in [2.75, 3.05) is 46.5 Å². The van der Waals surface area contributed by atoms with E-state index in [-0.39, 0.29) is 11.3 Å². The first kappa shape index (κ1) is 23.7. The van der Waals surface area contributed by atoms with Crippen LogP contribution in [0.2, 0.25) is 0 Å². The van der Waals surface area contributed by atoms with E-state index in [1.165, 1.54) is 7.11 Å². The molecule has 0 saturated carbocycles. The van der Waals surface area contributed by atoms with E-state index in [0.717, 1.165) is 35.2 Å². The molecule has 2 aromatic carbocycles. The van der Waals surface area contributed by atoms with Gasteiger partial charge in [-0.2, -0.15) is 0 Å². The largest absolute Gasteiger partial charge is 0.507 e. The molecule has 4 rings (SSSR count). The van der Waals surface area contributed by atoms with Crippen LogP contribution in [0.4, 0.5) is 0 Å². The lowest BCUT2D eigenvalue weighted by molar-refractivity contribution is -0.140. The molecule has 2 aliphatic rings. The van der Waals surface area contributed by atoms with Gasteiger partial charge in [-0.05, 0) is 58.8 Å². The van der Waals surface area contributed by atoms with Gasteiger partial charge in [0.05, 0.1) is 31.9 Å². The number of hydrogen-bond donors (Lipinski definition) is 1. The Kier molecular flexibility index (Phi) is 7.67. The standard InChI is InChI=1S/C25H27IN2O5/c1-32-20-5-2-4-18(16-20)23(29)21-22(17-6-8-19(26)9-7-17)28(25(31)24(21)30)11-3-10-27-12-14-33-15-13-27/h2,4-9,16,22,29H,3,10-15H2,1H3. The lowest BCUT2D eigenvalue weighted by Gasteiger charge is -2.29. The van der Waals surface area contributed by atoms with Crippen molar-refractivity contribution in [3.8, 4) is 5.75 Å².